The Morgan fingerprint density at radius 1 is 0.636 bits per heavy atom. The van der Waals surface area contributed by atoms with Crippen molar-refractivity contribution in [3.8, 4) is 0 Å². The van der Waals surface area contributed by atoms with Gasteiger partial charge in [-0.25, -0.2) is 0 Å². The molecule has 0 aromatic rings. The molecule has 4 aliphatic heterocycles. The van der Waals surface area contributed by atoms with E-state index in [1.54, 1.807) is 0 Å². The van der Waals surface area contributed by atoms with Gasteiger partial charge < -0.3 is 0 Å². The lowest BCUT2D eigenvalue weighted by Gasteiger charge is -2.70. The molecule has 0 radical (unpaired) electrons. The van der Waals surface area contributed by atoms with Crippen molar-refractivity contribution in [1.82, 2.24) is 19.6 Å². The van der Waals surface area contributed by atoms with Crippen molar-refractivity contribution in [2.24, 2.45) is 0 Å². The van der Waals surface area contributed by atoms with Gasteiger partial charge in [0.25, 0.3) is 0 Å². The van der Waals surface area contributed by atoms with E-state index in [2.05, 4.69) is 61.1 Å². The molecule has 126 valence electrons. The average Bonchev–Trinajstić information content (AvgIpc) is 2.41. The zero-order valence-electron chi connectivity index (χ0n) is 15.3. The zero-order valence-corrected chi connectivity index (χ0v) is 15.3. The molecule has 0 bridgehead atoms. The van der Waals surface area contributed by atoms with Crippen LogP contribution in [0, 0.1) is 0 Å². The molecule has 0 aromatic heterocycles. The highest BCUT2D eigenvalue weighted by Crippen LogP contribution is 2.45. The Morgan fingerprint density at radius 2 is 1.00 bits per heavy atom. The molecular formula is C18H34N4. The van der Waals surface area contributed by atoms with Crippen LogP contribution in [0.25, 0.3) is 0 Å². The number of nitrogens with zero attached hydrogens (tertiary/aromatic N) is 4. The molecule has 0 aliphatic carbocycles. The summed E-state index contributed by atoms with van der Waals surface area (Å²) in [6.07, 6.45) is 3.77. The molecule has 4 atom stereocenters. The summed E-state index contributed by atoms with van der Waals surface area (Å²) in [6.45, 7) is 19.7. The number of hydrogen-bond donors (Lipinski definition) is 0. The molecule has 22 heavy (non-hydrogen) atoms. The molecule has 0 aromatic carbocycles. The lowest BCUT2D eigenvalue weighted by Crippen LogP contribution is -2.84. The van der Waals surface area contributed by atoms with Crippen LogP contribution in [-0.4, -0.2) is 81.3 Å². The van der Waals surface area contributed by atoms with Gasteiger partial charge in [-0.15, -0.1) is 0 Å². The Bertz CT molecular complexity index is 418. The largest absolute Gasteiger partial charge is 0.281 e. The average molecular weight is 306 g/mol. The number of hydrogen-bond acceptors (Lipinski definition) is 4. The molecule has 0 amide bonds. The summed E-state index contributed by atoms with van der Waals surface area (Å²) in [7, 11) is 0. The Labute approximate surface area is 136 Å². The summed E-state index contributed by atoms with van der Waals surface area (Å²) < 4.78 is 0. The third-order valence-corrected chi connectivity index (χ3v) is 7.06. The zero-order chi connectivity index (χ0) is 15.9. The Hall–Kier alpha value is -0.160. The van der Waals surface area contributed by atoms with Crippen molar-refractivity contribution >= 4 is 0 Å². The van der Waals surface area contributed by atoms with Gasteiger partial charge in [-0.2, -0.15) is 0 Å². The maximum atomic E-state index is 2.83. The molecule has 0 N–H and O–H groups in total. The second-order valence-corrected chi connectivity index (χ2v) is 9.42. The molecule has 0 spiro atoms. The maximum Gasteiger partial charge on any atom is 0.0929 e. The molecule has 4 fully saturated rings. The Balaban J connectivity index is 1.76. The summed E-state index contributed by atoms with van der Waals surface area (Å²) >= 11 is 0. The summed E-state index contributed by atoms with van der Waals surface area (Å²) in [5.41, 5.74) is 0.668. The van der Waals surface area contributed by atoms with E-state index in [1.807, 2.05) is 0 Å². The van der Waals surface area contributed by atoms with Gasteiger partial charge >= 0.3 is 0 Å². The van der Waals surface area contributed by atoms with Gasteiger partial charge in [0, 0.05) is 49.3 Å². The van der Waals surface area contributed by atoms with Gasteiger partial charge in [0.2, 0.25) is 0 Å². The van der Waals surface area contributed by atoms with Gasteiger partial charge in [0.1, 0.15) is 0 Å². The highest BCUT2D eigenvalue weighted by Gasteiger charge is 2.58. The van der Waals surface area contributed by atoms with Crippen LogP contribution in [0.15, 0.2) is 0 Å². The lowest BCUT2D eigenvalue weighted by molar-refractivity contribution is -0.253. The summed E-state index contributed by atoms with van der Waals surface area (Å²) in [5, 5.41) is 0. The molecular weight excluding hydrogens is 272 g/mol. The third kappa shape index (κ3) is 1.97. The van der Waals surface area contributed by atoms with E-state index < -0.39 is 0 Å². The van der Waals surface area contributed by atoms with Crippen molar-refractivity contribution in [1.29, 1.82) is 0 Å². The minimum Gasteiger partial charge on any atom is -0.281 e. The van der Waals surface area contributed by atoms with E-state index in [1.165, 1.54) is 39.0 Å². The second kappa shape index (κ2) is 4.69. The minimum atomic E-state index is 0.334. The fraction of sp³-hybridized carbons (Fsp3) is 1.00. The molecule has 0 saturated carbocycles. The van der Waals surface area contributed by atoms with Gasteiger partial charge in [0.15, 0.2) is 0 Å². The van der Waals surface area contributed by atoms with Crippen LogP contribution in [0.1, 0.15) is 54.4 Å². The van der Waals surface area contributed by atoms with E-state index in [0.717, 1.165) is 0 Å². The first-order valence-corrected chi connectivity index (χ1v) is 9.27. The normalized spacial score (nSPS) is 45.5. The molecule has 4 saturated heterocycles. The standard InChI is InChI=1S/C18H34N4/c1-13-11-17(3,4)21-10-8-20-14(2)12-18(5,6)22-9-7-19(13)15(21)16(20)22/h13-16H,7-12H2,1-6H3/t13-,14+,15-,16-/m1/s1. The van der Waals surface area contributed by atoms with Crippen LogP contribution in [0.4, 0.5) is 0 Å². The van der Waals surface area contributed by atoms with E-state index in [0.29, 0.717) is 35.5 Å². The van der Waals surface area contributed by atoms with E-state index in [4.69, 9.17) is 0 Å². The second-order valence-electron chi connectivity index (χ2n) is 9.42. The smallest absolute Gasteiger partial charge is 0.0929 e. The van der Waals surface area contributed by atoms with Crippen molar-refractivity contribution in [3.05, 3.63) is 0 Å². The molecule has 4 nitrogen and oxygen atoms in total. The molecule has 4 heterocycles. The fourth-order valence-corrected chi connectivity index (χ4v) is 6.20. The first kappa shape index (κ1) is 15.4. The highest BCUT2D eigenvalue weighted by molar-refractivity contribution is 5.10. The highest BCUT2D eigenvalue weighted by atomic mass is 15.6. The van der Waals surface area contributed by atoms with Gasteiger partial charge in [-0.1, -0.05) is 0 Å². The summed E-state index contributed by atoms with van der Waals surface area (Å²) in [6, 6.07) is 1.41. The molecule has 0 unspecified atom stereocenters. The monoisotopic (exact) mass is 306 g/mol. The summed E-state index contributed by atoms with van der Waals surface area (Å²) in [4.78, 5) is 11.3. The first-order chi connectivity index (χ1) is 10.2. The minimum absolute atomic E-state index is 0.334. The predicted octanol–water partition coefficient (Wildman–Crippen LogP) is 2.02. The Kier molecular flexibility index (Phi) is 3.27. The van der Waals surface area contributed by atoms with Crippen LogP contribution in [-0.2, 0) is 0 Å². The number of rotatable bonds is 0. The first-order valence-electron chi connectivity index (χ1n) is 9.27. The van der Waals surface area contributed by atoms with Crippen LogP contribution in [0.5, 0.6) is 0 Å². The Morgan fingerprint density at radius 3 is 1.36 bits per heavy atom. The summed E-state index contributed by atoms with van der Waals surface area (Å²) in [5.74, 6) is 0. The molecule has 4 rings (SSSR count). The maximum absolute atomic E-state index is 2.83. The SMILES string of the molecule is C[C@@H]1CC(C)(C)N2CCN3[C@H]4[C@@H]2N1CCN4C(C)(C)C[C@@H]3C. The van der Waals surface area contributed by atoms with E-state index in [9.17, 15) is 0 Å². The fourth-order valence-electron chi connectivity index (χ4n) is 6.20. The third-order valence-electron chi connectivity index (χ3n) is 7.06. The van der Waals surface area contributed by atoms with Crippen LogP contribution >= 0.6 is 0 Å². The van der Waals surface area contributed by atoms with Crippen molar-refractivity contribution < 1.29 is 0 Å². The van der Waals surface area contributed by atoms with Crippen molar-refractivity contribution in [2.45, 2.75) is 89.9 Å². The lowest BCUT2D eigenvalue weighted by atomic mass is 9.80. The molecule has 4 aliphatic rings. The van der Waals surface area contributed by atoms with E-state index in [-0.39, 0.29) is 0 Å². The quantitative estimate of drug-likeness (QED) is 0.679. The van der Waals surface area contributed by atoms with Crippen LogP contribution < -0.4 is 0 Å². The van der Waals surface area contributed by atoms with Crippen LogP contribution in [0.2, 0.25) is 0 Å². The van der Waals surface area contributed by atoms with Gasteiger partial charge in [-0.05, 0) is 54.4 Å². The molecule has 4 heteroatoms. The van der Waals surface area contributed by atoms with Crippen molar-refractivity contribution in [3.63, 3.8) is 0 Å². The number of piperazine rings is 2. The van der Waals surface area contributed by atoms with E-state index >= 15 is 0 Å². The predicted molar refractivity (Wildman–Crippen MR) is 90.7 cm³/mol. The van der Waals surface area contributed by atoms with Gasteiger partial charge in [0.05, 0.1) is 12.3 Å². The van der Waals surface area contributed by atoms with Gasteiger partial charge in [-0.3, -0.25) is 19.6 Å². The topological polar surface area (TPSA) is 13.0 Å². The van der Waals surface area contributed by atoms with Crippen LogP contribution in [0.3, 0.4) is 0 Å². The van der Waals surface area contributed by atoms with Crippen molar-refractivity contribution in [2.75, 3.05) is 26.2 Å².